The first kappa shape index (κ1) is 15.8. The van der Waals surface area contributed by atoms with Crippen LogP contribution in [0.1, 0.15) is 26.7 Å². The fourth-order valence-corrected chi connectivity index (χ4v) is 2.12. The summed E-state index contributed by atoms with van der Waals surface area (Å²) in [4.78, 5) is 27.1. The van der Waals surface area contributed by atoms with Crippen LogP contribution in [-0.2, 0) is 9.53 Å². The van der Waals surface area contributed by atoms with E-state index < -0.39 is 0 Å². The summed E-state index contributed by atoms with van der Waals surface area (Å²) in [6, 6.07) is 0. The van der Waals surface area contributed by atoms with Gasteiger partial charge in [0.2, 0.25) is 5.91 Å². The third-order valence-corrected chi connectivity index (χ3v) is 3.53. The molecule has 1 atom stereocenters. The molecule has 0 radical (unpaired) electrons. The van der Waals surface area contributed by atoms with Gasteiger partial charge in [-0.05, 0) is 19.4 Å². The van der Waals surface area contributed by atoms with Crippen molar-refractivity contribution in [2.75, 3.05) is 39.3 Å². The van der Waals surface area contributed by atoms with Crippen molar-refractivity contribution >= 4 is 12.0 Å². The maximum absolute atomic E-state index is 12.1. The molecule has 6 heteroatoms. The van der Waals surface area contributed by atoms with Crippen LogP contribution in [0, 0.1) is 5.92 Å². The van der Waals surface area contributed by atoms with E-state index in [0.717, 1.165) is 6.42 Å². The van der Waals surface area contributed by atoms with Gasteiger partial charge >= 0.3 is 6.09 Å². The van der Waals surface area contributed by atoms with Gasteiger partial charge in [-0.1, -0.05) is 13.3 Å². The number of carbonyl (C=O) groups is 2. The van der Waals surface area contributed by atoms with Crippen LogP contribution >= 0.6 is 0 Å². The molecule has 1 aliphatic heterocycles. The van der Waals surface area contributed by atoms with Crippen molar-refractivity contribution in [2.24, 2.45) is 11.7 Å². The Kier molecular flexibility index (Phi) is 6.62. The van der Waals surface area contributed by atoms with Gasteiger partial charge in [-0.2, -0.15) is 0 Å². The van der Waals surface area contributed by atoms with Gasteiger partial charge in [0.25, 0.3) is 0 Å². The maximum atomic E-state index is 12.1. The van der Waals surface area contributed by atoms with E-state index in [1.807, 2.05) is 11.8 Å². The number of amides is 2. The molecule has 0 saturated carbocycles. The summed E-state index contributed by atoms with van der Waals surface area (Å²) >= 11 is 0. The van der Waals surface area contributed by atoms with Gasteiger partial charge in [0.05, 0.1) is 6.61 Å². The molecular formula is C13H25N3O3. The highest BCUT2D eigenvalue weighted by atomic mass is 16.6. The minimum absolute atomic E-state index is 0.140. The van der Waals surface area contributed by atoms with Crippen molar-refractivity contribution in [3.8, 4) is 0 Å². The topological polar surface area (TPSA) is 75.9 Å². The summed E-state index contributed by atoms with van der Waals surface area (Å²) in [5, 5.41) is 0. The van der Waals surface area contributed by atoms with E-state index in [0.29, 0.717) is 45.8 Å². The molecule has 0 aromatic heterocycles. The number of hydrogen-bond donors (Lipinski definition) is 1. The Morgan fingerprint density at radius 1 is 1.16 bits per heavy atom. The number of nitrogens with zero attached hydrogens (tertiary/aromatic N) is 2. The molecule has 0 aliphatic carbocycles. The normalized spacial score (nSPS) is 17.2. The van der Waals surface area contributed by atoms with Crippen molar-refractivity contribution in [3.05, 3.63) is 0 Å². The Morgan fingerprint density at radius 2 is 1.74 bits per heavy atom. The lowest BCUT2D eigenvalue weighted by Gasteiger charge is -2.34. The van der Waals surface area contributed by atoms with Gasteiger partial charge in [-0.25, -0.2) is 4.79 Å². The van der Waals surface area contributed by atoms with Crippen LogP contribution in [0.3, 0.4) is 0 Å². The molecule has 1 rings (SSSR count). The van der Waals surface area contributed by atoms with Gasteiger partial charge in [-0.15, -0.1) is 0 Å². The Balaban J connectivity index is 2.36. The molecular weight excluding hydrogens is 246 g/mol. The number of piperazine rings is 1. The van der Waals surface area contributed by atoms with E-state index in [4.69, 9.17) is 10.5 Å². The number of nitrogens with two attached hydrogens (primary N) is 1. The SMILES string of the molecule is CCOC(=O)N1CCN(C(=O)CC(CC)CN)CC1. The van der Waals surface area contributed by atoms with Gasteiger partial charge < -0.3 is 20.3 Å². The van der Waals surface area contributed by atoms with Crippen LogP contribution in [0.2, 0.25) is 0 Å². The molecule has 110 valence electrons. The van der Waals surface area contributed by atoms with E-state index in [9.17, 15) is 9.59 Å². The first-order valence-electron chi connectivity index (χ1n) is 7.01. The fraction of sp³-hybridized carbons (Fsp3) is 0.846. The zero-order valence-electron chi connectivity index (χ0n) is 11.9. The molecule has 0 bridgehead atoms. The van der Waals surface area contributed by atoms with E-state index >= 15 is 0 Å². The molecule has 1 aliphatic rings. The minimum Gasteiger partial charge on any atom is -0.450 e. The first-order chi connectivity index (χ1) is 9.12. The highest BCUT2D eigenvalue weighted by molar-refractivity contribution is 5.77. The zero-order valence-corrected chi connectivity index (χ0v) is 11.9. The van der Waals surface area contributed by atoms with Gasteiger partial charge in [-0.3, -0.25) is 4.79 Å². The third-order valence-electron chi connectivity index (χ3n) is 3.53. The number of carbonyl (C=O) groups excluding carboxylic acids is 2. The van der Waals surface area contributed by atoms with Crippen LogP contribution in [0.15, 0.2) is 0 Å². The van der Waals surface area contributed by atoms with E-state index in [2.05, 4.69) is 0 Å². The fourth-order valence-electron chi connectivity index (χ4n) is 2.12. The van der Waals surface area contributed by atoms with Crippen LogP contribution in [0.4, 0.5) is 4.79 Å². The standard InChI is InChI=1S/C13H25N3O3/c1-3-11(10-14)9-12(17)15-5-7-16(8-6-15)13(18)19-4-2/h11H,3-10,14H2,1-2H3. The summed E-state index contributed by atoms with van der Waals surface area (Å²) in [7, 11) is 0. The Hall–Kier alpha value is -1.30. The molecule has 1 fully saturated rings. The Bertz CT molecular complexity index is 298. The van der Waals surface area contributed by atoms with Crippen LogP contribution in [0.5, 0.6) is 0 Å². The van der Waals surface area contributed by atoms with E-state index in [-0.39, 0.29) is 17.9 Å². The second kappa shape index (κ2) is 7.99. The lowest BCUT2D eigenvalue weighted by atomic mass is 10.0. The highest BCUT2D eigenvalue weighted by Gasteiger charge is 2.25. The molecule has 1 saturated heterocycles. The third kappa shape index (κ3) is 4.70. The van der Waals surface area contributed by atoms with Gasteiger partial charge in [0.1, 0.15) is 0 Å². The summed E-state index contributed by atoms with van der Waals surface area (Å²) in [6.45, 7) is 7.02. The zero-order chi connectivity index (χ0) is 14.3. The predicted molar refractivity (Wildman–Crippen MR) is 72.6 cm³/mol. The molecule has 0 aromatic rings. The Labute approximate surface area is 114 Å². The molecule has 1 heterocycles. The molecule has 2 N–H and O–H groups in total. The van der Waals surface area contributed by atoms with E-state index in [1.165, 1.54) is 0 Å². The first-order valence-corrected chi connectivity index (χ1v) is 7.01. The maximum Gasteiger partial charge on any atom is 0.409 e. The highest BCUT2D eigenvalue weighted by Crippen LogP contribution is 2.11. The van der Waals surface area contributed by atoms with Crippen molar-refractivity contribution in [1.82, 2.24) is 9.80 Å². The van der Waals surface area contributed by atoms with Crippen LogP contribution in [0.25, 0.3) is 0 Å². The summed E-state index contributed by atoms with van der Waals surface area (Å²) in [6.07, 6.45) is 1.14. The molecule has 1 unspecified atom stereocenters. The predicted octanol–water partition coefficient (Wildman–Crippen LogP) is 0.662. The quantitative estimate of drug-likeness (QED) is 0.797. The van der Waals surface area contributed by atoms with Gasteiger partial charge in [0, 0.05) is 32.6 Å². The van der Waals surface area contributed by atoms with Crippen molar-refractivity contribution < 1.29 is 14.3 Å². The smallest absolute Gasteiger partial charge is 0.409 e. The molecule has 6 nitrogen and oxygen atoms in total. The van der Waals surface area contributed by atoms with Crippen molar-refractivity contribution in [1.29, 1.82) is 0 Å². The number of hydrogen-bond acceptors (Lipinski definition) is 4. The Morgan fingerprint density at radius 3 is 2.21 bits per heavy atom. The van der Waals surface area contributed by atoms with Crippen molar-refractivity contribution in [3.63, 3.8) is 0 Å². The molecule has 0 spiro atoms. The largest absolute Gasteiger partial charge is 0.450 e. The minimum atomic E-state index is -0.289. The van der Waals surface area contributed by atoms with Crippen LogP contribution in [-0.4, -0.2) is 61.1 Å². The lowest BCUT2D eigenvalue weighted by molar-refractivity contribution is -0.133. The van der Waals surface area contributed by atoms with Crippen LogP contribution < -0.4 is 5.73 Å². The van der Waals surface area contributed by atoms with Crippen molar-refractivity contribution in [2.45, 2.75) is 26.7 Å². The summed E-state index contributed by atoms with van der Waals surface area (Å²) < 4.78 is 4.94. The average molecular weight is 271 g/mol. The van der Waals surface area contributed by atoms with E-state index in [1.54, 1.807) is 11.8 Å². The van der Waals surface area contributed by atoms with Gasteiger partial charge in [0.15, 0.2) is 0 Å². The summed E-state index contributed by atoms with van der Waals surface area (Å²) in [5.41, 5.74) is 5.62. The monoisotopic (exact) mass is 271 g/mol. The second-order valence-corrected chi connectivity index (χ2v) is 4.78. The molecule has 19 heavy (non-hydrogen) atoms. The molecule has 2 amide bonds. The summed E-state index contributed by atoms with van der Waals surface area (Å²) in [5.74, 6) is 0.399. The lowest BCUT2D eigenvalue weighted by Crippen LogP contribution is -2.51. The second-order valence-electron chi connectivity index (χ2n) is 4.78. The average Bonchev–Trinajstić information content (AvgIpc) is 2.45. The number of ether oxygens (including phenoxy) is 1. The molecule has 0 aromatic carbocycles. The number of rotatable bonds is 5.